The fraction of sp³-hybridized carbons (Fsp3) is 0.231. The van der Waals surface area contributed by atoms with Crippen LogP contribution in [0.15, 0.2) is 33.9 Å². The van der Waals surface area contributed by atoms with Gasteiger partial charge in [0.05, 0.1) is 11.3 Å². The minimum Gasteiger partial charge on any atom is -0.297 e. The summed E-state index contributed by atoms with van der Waals surface area (Å²) in [5, 5.41) is 0.121. The Bertz CT molecular complexity index is 684. The molecule has 0 amide bonds. The van der Waals surface area contributed by atoms with Crippen molar-refractivity contribution in [3.05, 3.63) is 61.4 Å². The molecule has 0 fully saturated rings. The molecule has 1 N–H and O–H groups in total. The van der Waals surface area contributed by atoms with Crippen molar-refractivity contribution in [3.63, 3.8) is 0 Å². The molecule has 0 unspecified atom stereocenters. The van der Waals surface area contributed by atoms with Gasteiger partial charge in [-0.25, -0.2) is 9.36 Å². The number of benzene rings is 1. The number of aromatic amines is 1. The molecule has 0 saturated carbocycles. The first kappa shape index (κ1) is 12.6. The van der Waals surface area contributed by atoms with Crippen molar-refractivity contribution in [2.75, 3.05) is 0 Å². The minimum absolute atomic E-state index is 0.121. The smallest absolute Gasteiger partial charge is 0.297 e. The normalized spacial score (nSPS) is 10.6. The molecule has 0 aliphatic rings. The second-order valence-corrected chi connectivity index (χ2v) is 4.43. The fourth-order valence-corrected chi connectivity index (χ4v) is 2.08. The van der Waals surface area contributed by atoms with Crippen molar-refractivity contribution in [2.24, 2.45) is 0 Å². The van der Waals surface area contributed by atoms with Crippen LogP contribution in [0.4, 0.5) is 0 Å². The molecule has 4 nitrogen and oxygen atoms in total. The molecular formula is C13H13ClN2O2. The fourth-order valence-electron chi connectivity index (χ4n) is 1.78. The molecule has 18 heavy (non-hydrogen) atoms. The topological polar surface area (TPSA) is 54.9 Å². The Morgan fingerprint density at radius 3 is 2.39 bits per heavy atom. The van der Waals surface area contributed by atoms with Gasteiger partial charge in [0.15, 0.2) is 0 Å². The standard InChI is InChI=1S/C13H13ClN2O2/c1-3-10-11(14)15-13(18)16(12(10)17)9-6-4-8(2)5-7-9/h4-7H,3H2,1-2H3,(H,15,18). The number of aryl methyl sites for hydroxylation is 1. The Morgan fingerprint density at radius 1 is 1.22 bits per heavy atom. The molecular weight excluding hydrogens is 252 g/mol. The van der Waals surface area contributed by atoms with Crippen molar-refractivity contribution in [1.82, 2.24) is 9.55 Å². The first-order chi connectivity index (χ1) is 8.54. The molecule has 1 aromatic heterocycles. The lowest BCUT2D eigenvalue weighted by atomic mass is 10.2. The van der Waals surface area contributed by atoms with E-state index in [0.29, 0.717) is 17.7 Å². The first-order valence-electron chi connectivity index (χ1n) is 5.65. The van der Waals surface area contributed by atoms with Gasteiger partial charge in [-0.2, -0.15) is 0 Å². The molecule has 0 aliphatic heterocycles. The van der Waals surface area contributed by atoms with Crippen LogP contribution in [0.1, 0.15) is 18.1 Å². The Hall–Kier alpha value is -1.81. The highest BCUT2D eigenvalue weighted by atomic mass is 35.5. The van der Waals surface area contributed by atoms with Crippen LogP contribution in [0.5, 0.6) is 0 Å². The van der Waals surface area contributed by atoms with Crippen molar-refractivity contribution in [2.45, 2.75) is 20.3 Å². The third kappa shape index (κ3) is 2.11. The van der Waals surface area contributed by atoms with Crippen LogP contribution in [0.3, 0.4) is 0 Å². The van der Waals surface area contributed by atoms with Crippen molar-refractivity contribution >= 4 is 11.6 Å². The second-order valence-electron chi connectivity index (χ2n) is 4.05. The van der Waals surface area contributed by atoms with E-state index in [1.165, 1.54) is 0 Å². The summed E-state index contributed by atoms with van der Waals surface area (Å²) < 4.78 is 1.10. The third-order valence-corrected chi connectivity index (χ3v) is 3.11. The van der Waals surface area contributed by atoms with E-state index in [2.05, 4.69) is 4.98 Å². The Morgan fingerprint density at radius 2 is 1.83 bits per heavy atom. The highest BCUT2D eigenvalue weighted by Gasteiger charge is 2.12. The average Bonchev–Trinajstić information content (AvgIpc) is 2.31. The van der Waals surface area contributed by atoms with Gasteiger partial charge in [-0.05, 0) is 25.5 Å². The van der Waals surface area contributed by atoms with Gasteiger partial charge in [-0.1, -0.05) is 36.2 Å². The lowest BCUT2D eigenvalue weighted by Crippen LogP contribution is -2.36. The van der Waals surface area contributed by atoms with E-state index in [-0.39, 0.29) is 10.7 Å². The quantitative estimate of drug-likeness (QED) is 0.844. The molecule has 2 rings (SSSR count). The van der Waals surface area contributed by atoms with E-state index in [1.54, 1.807) is 12.1 Å². The summed E-state index contributed by atoms with van der Waals surface area (Å²) in [4.78, 5) is 26.5. The van der Waals surface area contributed by atoms with Crippen molar-refractivity contribution in [3.8, 4) is 5.69 Å². The largest absolute Gasteiger partial charge is 0.334 e. The average molecular weight is 265 g/mol. The highest BCUT2D eigenvalue weighted by molar-refractivity contribution is 6.30. The summed E-state index contributed by atoms with van der Waals surface area (Å²) in [7, 11) is 0. The number of rotatable bonds is 2. The predicted octanol–water partition coefficient (Wildman–Crippen LogP) is 2.05. The summed E-state index contributed by atoms with van der Waals surface area (Å²) in [5.74, 6) is 0. The summed E-state index contributed by atoms with van der Waals surface area (Å²) in [6.45, 7) is 3.76. The zero-order valence-corrected chi connectivity index (χ0v) is 10.9. The predicted molar refractivity (Wildman–Crippen MR) is 71.8 cm³/mol. The Balaban J connectivity index is 2.76. The van der Waals surface area contributed by atoms with Gasteiger partial charge < -0.3 is 0 Å². The number of aromatic nitrogens is 2. The van der Waals surface area contributed by atoms with Crippen LogP contribution in [-0.4, -0.2) is 9.55 Å². The van der Waals surface area contributed by atoms with Crippen LogP contribution in [0.2, 0.25) is 5.15 Å². The summed E-state index contributed by atoms with van der Waals surface area (Å²) in [5.41, 5.74) is 1.13. The van der Waals surface area contributed by atoms with Crippen LogP contribution < -0.4 is 11.2 Å². The van der Waals surface area contributed by atoms with Gasteiger partial charge in [0, 0.05) is 0 Å². The number of H-pyrrole nitrogens is 1. The van der Waals surface area contributed by atoms with Crippen LogP contribution in [-0.2, 0) is 6.42 Å². The SMILES string of the molecule is CCc1c(Cl)[nH]c(=O)n(-c2ccc(C)cc2)c1=O. The monoisotopic (exact) mass is 264 g/mol. The molecule has 94 valence electrons. The molecule has 1 aromatic carbocycles. The Kier molecular flexibility index (Phi) is 3.39. The summed E-state index contributed by atoms with van der Waals surface area (Å²) in [6, 6.07) is 7.17. The molecule has 0 spiro atoms. The van der Waals surface area contributed by atoms with Gasteiger partial charge >= 0.3 is 5.69 Å². The number of halogens is 1. The zero-order chi connectivity index (χ0) is 13.3. The lowest BCUT2D eigenvalue weighted by molar-refractivity contribution is 0.841. The maximum absolute atomic E-state index is 12.2. The molecule has 0 radical (unpaired) electrons. The molecule has 1 heterocycles. The van der Waals surface area contributed by atoms with E-state index in [1.807, 2.05) is 26.0 Å². The number of nitrogens with one attached hydrogen (secondary N) is 1. The van der Waals surface area contributed by atoms with E-state index in [0.717, 1.165) is 10.1 Å². The zero-order valence-electron chi connectivity index (χ0n) is 10.2. The number of hydrogen-bond donors (Lipinski definition) is 1. The summed E-state index contributed by atoms with van der Waals surface area (Å²) >= 11 is 5.85. The third-order valence-electron chi connectivity index (χ3n) is 2.79. The van der Waals surface area contributed by atoms with Crippen molar-refractivity contribution < 1.29 is 0 Å². The molecule has 5 heteroatoms. The van der Waals surface area contributed by atoms with Gasteiger partial charge in [-0.3, -0.25) is 9.78 Å². The van der Waals surface area contributed by atoms with E-state index in [9.17, 15) is 9.59 Å². The van der Waals surface area contributed by atoms with Crippen LogP contribution >= 0.6 is 11.6 Å². The number of hydrogen-bond acceptors (Lipinski definition) is 2. The van der Waals surface area contributed by atoms with E-state index in [4.69, 9.17) is 11.6 Å². The highest BCUT2D eigenvalue weighted by Crippen LogP contribution is 2.09. The molecule has 0 saturated heterocycles. The van der Waals surface area contributed by atoms with Gasteiger partial charge in [0.25, 0.3) is 5.56 Å². The van der Waals surface area contributed by atoms with E-state index < -0.39 is 5.69 Å². The van der Waals surface area contributed by atoms with Gasteiger partial charge in [0.2, 0.25) is 0 Å². The molecule has 0 bridgehead atoms. The molecule has 0 aliphatic carbocycles. The molecule has 0 atom stereocenters. The Labute approximate surface area is 109 Å². The first-order valence-corrected chi connectivity index (χ1v) is 6.03. The second kappa shape index (κ2) is 4.82. The lowest BCUT2D eigenvalue weighted by Gasteiger charge is -2.08. The van der Waals surface area contributed by atoms with Gasteiger partial charge in [-0.15, -0.1) is 0 Å². The van der Waals surface area contributed by atoms with E-state index >= 15 is 0 Å². The minimum atomic E-state index is -0.522. The maximum atomic E-state index is 12.2. The summed E-state index contributed by atoms with van der Waals surface area (Å²) in [6.07, 6.45) is 0.473. The maximum Gasteiger partial charge on any atom is 0.334 e. The van der Waals surface area contributed by atoms with Crippen LogP contribution in [0.25, 0.3) is 5.69 Å². The molecule has 2 aromatic rings. The van der Waals surface area contributed by atoms with Crippen LogP contribution in [0, 0.1) is 6.92 Å². The van der Waals surface area contributed by atoms with Gasteiger partial charge in [0.1, 0.15) is 5.15 Å². The van der Waals surface area contributed by atoms with Crippen molar-refractivity contribution in [1.29, 1.82) is 0 Å². The number of nitrogens with zero attached hydrogens (tertiary/aromatic N) is 1.